The number of para-hydroxylation sites is 1. The van der Waals surface area contributed by atoms with E-state index in [-0.39, 0.29) is 12.5 Å². The molecular weight excluding hydrogens is 426 g/mol. The molecule has 0 radical (unpaired) electrons. The number of likely N-dealkylation sites (tertiary alicyclic amines) is 1. The Morgan fingerprint density at radius 2 is 1.85 bits per heavy atom. The van der Waals surface area contributed by atoms with Gasteiger partial charge >= 0.3 is 0 Å². The van der Waals surface area contributed by atoms with Gasteiger partial charge in [0, 0.05) is 24.0 Å². The number of carbonyl (C=O) groups is 1. The summed E-state index contributed by atoms with van der Waals surface area (Å²) in [5.74, 6) is 1.68. The maximum atomic E-state index is 12.8. The van der Waals surface area contributed by atoms with E-state index in [1.165, 1.54) is 5.56 Å². The van der Waals surface area contributed by atoms with Crippen LogP contribution in [-0.4, -0.2) is 45.8 Å². The van der Waals surface area contributed by atoms with Crippen LogP contribution in [0.15, 0.2) is 72.9 Å². The number of amides is 1. The van der Waals surface area contributed by atoms with E-state index in [1.807, 2.05) is 53.4 Å². The second-order valence-electron chi connectivity index (χ2n) is 8.99. The highest BCUT2D eigenvalue weighted by atomic mass is 16.5. The topological polar surface area (TPSA) is 78.5 Å². The molecule has 1 saturated heterocycles. The van der Waals surface area contributed by atoms with E-state index >= 15 is 0 Å². The highest BCUT2D eigenvalue weighted by Crippen LogP contribution is 2.32. The molecule has 2 N–H and O–H groups in total. The zero-order valence-electron chi connectivity index (χ0n) is 19.1. The fourth-order valence-electron chi connectivity index (χ4n) is 4.68. The number of piperidine rings is 1. The summed E-state index contributed by atoms with van der Waals surface area (Å²) in [5, 5.41) is 17.5. The molecule has 5 rings (SSSR count). The first-order chi connectivity index (χ1) is 16.7. The lowest BCUT2D eigenvalue weighted by Crippen LogP contribution is -2.41. The van der Waals surface area contributed by atoms with Gasteiger partial charge in [-0.2, -0.15) is 5.10 Å². The third kappa shape index (κ3) is 5.06. The minimum atomic E-state index is 0.0390. The first-order valence-corrected chi connectivity index (χ1v) is 11.9. The minimum Gasteiger partial charge on any atom is -0.508 e. The molecule has 0 atom stereocenters. The SMILES string of the molecule is O=C(COc1ccccc1-c1ccc2[nH]ncc2c1)N1CCC(CCc2ccc(O)cc2)CC1. The average Bonchev–Trinajstić information content (AvgIpc) is 3.35. The molecular formula is C28H29N3O3. The zero-order chi connectivity index (χ0) is 23.3. The van der Waals surface area contributed by atoms with Crippen LogP contribution in [0.3, 0.4) is 0 Å². The van der Waals surface area contributed by atoms with Gasteiger partial charge in [-0.15, -0.1) is 0 Å². The summed E-state index contributed by atoms with van der Waals surface area (Å²) in [7, 11) is 0. The summed E-state index contributed by atoms with van der Waals surface area (Å²) in [6, 6.07) is 21.4. The summed E-state index contributed by atoms with van der Waals surface area (Å²) >= 11 is 0. The van der Waals surface area contributed by atoms with Gasteiger partial charge in [-0.05, 0) is 73.1 Å². The smallest absolute Gasteiger partial charge is 0.260 e. The normalized spacial score (nSPS) is 14.4. The van der Waals surface area contributed by atoms with Crippen molar-refractivity contribution in [1.29, 1.82) is 0 Å². The number of phenols is 1. The number of phenolic OH excluding ortho intramolecular Hbond substituents is 1. The number of aryl methyl sites for hydroxylation is 1. The van der Waals surface area contributed by atoms with Gasteiger partial charge in [-0.3, -0.25) is 9.89 Å². The van der Waals surface area contributed by atoms with Gasteiger partial charge in [0.1, 0.15) is 11.5 Å². The van der Waals surface area contributed by atoms with Crippen LogP contribution in [0.5, 0.6) is 11.5 Å². The number of nitrogens with zero attached hydrogens (tertiary/aromatic N) is 2. The van der Waals surface area contributed by atoms with Crippen molar-refractivity contribution < 1.29 is 14.6 Å². The van der Waals surface area contributed by atoms with Crippen LogP contribution in [-0.2, 0) is 11.2 Å². The molecule has 0 saturated carbocycles. The van der Waals surface area contributed by atoms with Crippen molar-refractivity contribution in [1.82, 2.24) is 15.1 Å². The van der Waals surface area contributed by atoms with Gasteiger partial charge in [-0.25, -0.2) is 0 Å². The van der Waals surface area contributed by atoms with Crippen molar-refractivity contribution in [2.45, 2.75) is 25.7 Å². The van der Waals surface area contributed by atoms with Gasteiger partial charge in [0.25, 0.3) is 5.91 Å². The first kappa shape index (κ1) is 22.0. The van der Waals surface area contributed by atoms with Crippen molar-refractivity contribution in [3.05, 3.63) is 78.5 Å². The molecule has 0 spiro atoms. The van der Waals surface area contributed by atoms with E-state index in [0.717, 1.165) is 60.8 Å². The maximum Gasteiger partial charge on any atom is 0.260 e. The molecule has 1 aliphatic rings. The largest absolute Gasteiger partial charge is 0.508 e. The number of aromatic nitrogens is 2. The molecule has 1 aliphatic heterocycles. The van der Waals surface area contributed by atoms with Crippen molar-refractivity contribution in [2.75, 3.05) is 19.7 Å². The second-order valence-corrected chi connectivity index (χ2v) is 8.99. The number of ether oxygens (including phenoxy) is 1. The molecule has 1 amide bonds. The van der Waals surface area contributed by atoms with Gasteiger partial charge < -0.3 is 14.7 Å². The van der Waals surface area contributed by atoms with Crippen molar-refractivity contribution in [3.8, 4) is 22.6 Å². The summed E-state index contributed by atoms with van der Waals surface area (Å²) < 4.78 is 6.01. The molecule has 4 aromatic rings. The number of carbonyl (C=O) groups excluding carboxylic acids is 1. The molecule has 1 fully saturated rings. The number of benzene rings is 3. The van der Waals surface area contributed by atoms with Gasteiger partial charge in [0.05, 0.1) is 11.7 Å². The summed E-state index contributed by atoms with van der Waals surface area (Å²) in [6.07, 6.45) is 5.96. The van der Waals surface area contributed by atoms with Crippen molar-refractivity contribution in [3.63, 3.8) is 0 Å². The molecule has 3 aromatic carbocycles. The molecule has 6 heteroatoms. The van der Waals surface area contributed by atoms with E-state index in [0.29, 0.717) is 17.4 Å². The summed E-state index contributed by atoms with van der Waals surface area (Å²) in [6.45, 7) is 1.60. The van der Waals surface area contributed by atoms with E-state index in [9.17, 15) is 9.90 Å². The minimum absolute atomic E-state index is 0.0390. The lowest BCUT2D eigenvalue weighted by Gasteiger charge is -2.32. The van der Waals surface area contributed by atoms with E-state index in [2.05, 4.69) is 16.3 Å². The molecule has 0 aliphatic carbocycles. The quantitative estimate of drug-likeness (QED) is 0.402. The maximum absolute atomic E-state index is 12.8. The van der Waals surface area contributed by atoms with E-state index in [4.69, 9.17) is 4.74 Å². The third-order valence-electron chi connectivity index (χ3n) is 6.73. The summed E-state index contributed by atoms with van der Waals surface area (Å²) in [5.41, 5.74) is 4.23. The Kier molecular flexibility index (Phi) is 6.47. The Morgan fingerprint density at radius 1 is 1.06 bits per heavy atom. The first-order valence-electron chi connectivity index (χ1n) is 11.9. The van der Waals surface area contributed by atoms with Crippen LogP contribution < -0.4 is 4.74 Å². The van der Waals surface area contributed by atoms with Crippen molar-refractivity contribution >= 4 is 16.8 Å². The molecule has 6 nitrogen and oxygen atoms in total. The number of aromatic amines is 1. The number of H-pyrrole nitrogens is 1. The van der Waals surface area contributed by atoms with Crippen LogP contribution in [0, 0.1) is 5.92 Å². The molecule has 2 heterocycles. The number of aromatic hydroxyl groups is 1. The Hall–Kier alpha value is -3.80. The highest BCUT2D eigenvalue weighted by Gasteiger charge is 2.23. The average molecular weight is 456 g/mol. The molecule has 0 unspecified atom stereocenters. The molecule has 174 valence electrons. The van der Waals surface area contributed by atoms with Crippen molar-refractivity contribution in [2.24, 2.45) is 5.92 Å². The monoisotopic (exact) mass is 455 g/mol. The highest BCUT2D eigenvalue weighted by molar-refractivity contribution is 5.85. The number of nitrogens with one attached hydrogen (secondary N) is 1. The van der Waals surface area contributed by atoms with Crippen LogP contribution in [0.25, 0.3) is 22.0 Å². The van der Waals surface area contributed by atoms with Gasteiger partial charge in [0.2, 0.25) is 0 Å². The fraction of sp³-hybridized carbons (Fsp3) is 0.286. The predicted molar refractivity (Wildman–Crippen MR) is 133 cm³/mol. The van der Waals surface area contributed by atoms with Gasteiger partial charge in [0.15, 0.2) is 6.61 Å². The molecule has 0 bridgehead atoms. The lowest BCUT2D eigenvalue weighted by atomic mass is 9.90. The van der Waals surface area contributed by atoms with Crippen LogP contribution in [0.2, 0.25) is 0 Å². The third-order valence-corrected chi connectivity index (χ3v) is 6.73. The Labute approximate surface area is 199 Å². The van der Waals surface area contributed by atoms with Gasteiger partial charge in [-0.1, -0.05) is 36.4 Å². The standard InChI is InChI=1S/C28H29N3O3/c32-24-10-7-20(8-11-24)5-6-21-13-15-31(16-14-21)28(33)19-34-27-4-2-1-3-25(27)22-9-12-26-23(17-22)18-29-30-26/h1-4,7-12,17-18,21,32H,5-6,13-16,19H2,(H,29,30). The number of hydrogen-bond donors (Lipinski definition) is 2. The number of hydrogen-bond acceptors (Lipinski definition) is 4. The number of rotatable bonds is 7. The Morgan fingerprint density at radius 3 is 2.68 bits per heavy atom. The fourth-order valence-corrected chi connectivity index (χ4v) is 4.68. The zero-order valence-corrected chi connectivity index (χ0v) is 19.1. The van der Waals surface area contributed by atoms with Crippen LogP contribution in [0.1, 0.15) is 24.8 Å². The van der Waals surface area contributed by atoms with Crippen LogP contribution >= 0.6 is 0 Å². The lowest BCUT2D eigenvalue weighted by molar-refractivity contribution is -0.134. The predicted octanol–water partition coefficient (Wildman–Crippen LogP) is 5.19. The Balaban J connectivity index is 1.14. The Bertz CT molecular complexity index is 1260. The summed E-state index contributed by atoms with van der Waals surface area (Å²) in [4.78, 5) is 14.8. The number of fused-ring (bicyclic) bond motifs is 1. The van der Waals surface area contributed by atoms with E-state index in [1.54, 1.807) is 18.3 Å². The molecule has 34 heavy (non-hydrogen) atoms. The second kappa shape index (κ2) is 10.00. The van der Waals surface area contributed by atoms with Crippen LogP contribution in [0.4, 0.5) is 0 Å². The molecule has 1 aromatic heterocycles. The van der Waals surface area contributed by atoms with E-state index < -0.39 is 0 Å².